The van der Waals surface area contributed by atoms with Crippen molar-refractivity contribution in [3.05, 3.63) is 111 Å². The number of carboxylic acids is 3. The lowest BCUT2D eigenvalue weighted by molar-refractivity contribution is -0.144. The highest BCUT2D eigenvalue weighted by Crippen LogP contribution is 2.42. The topological polar surface area (TPSA) is 395 Å². The predicted octanol–water partition coefficient (Wildman–Crippen LogP) is 10.5. The number of amides is 5. The molecule has 1 aromatic carbocycles. The Balaban J connectivity index is 1.03. The minimum atomic E-state index is -1.32. The second kappa shape index (κ2) is 32.8. The number of methoxy groups -OCH3 is 1. The molecule has 0 saturated heterocycles. The number of aliphatic hydroxyl groups excluding tert-OH is 1. The third kappa shape index (κ3) is 17.6. The highest BCUT2D eigenvalue weighted by Gasteiger charge is 2.35. The van der Waals surface area contributed by atoms with Gasteiger partial charge in [0.05, 0.1) is 53.0 Å². The smallest absolute Gasteiger partial charge is 0.415 e. The minimum absolute atomic E-state index is 0.00428. The Morgan fingerprint density at radius 3 is 2.13 bits per heavy atom. The summed E-state index contributed by atoms with van der Waals surface area (Å²) in [5, 5.41) is 60.7. The molecule has 5 amide bonds. The average molecular weight is 1450 g/mol. The molecule has 8 N–H and O–H groups in total. The first kappa shape index (κ1) is 72.1. The van der Waals surface area contributed by atoms with Crippen molar-refractivity contribution in [3.63, 3.8) is 0 Å². The van der Waals surface area contributed by atoms with Gasteiger partial charge in [0.25, 0.3) is 11.8 Å². The van der Waals surface area contributed by atoms with Gasteiger partial charge in [0.1, 0.15) is 83.3 Å². The number of rotatable bonds is 20. The lowest BCUT2D eigenvalue weighted by Gasteiger charge is -2.28. The molecule has 2 aliphatic rings. The number of benzene rings is 1. The molecule has 8 heterocycles. The summed E-state index contributed by atoms with van der Waals surface area (Å²) in [7, 11) is 2.93. The van der Waals surface area contributed by atoms with Crippen molar-refractivity contribution in [1.29, 1.82) is 0 Å². The first-order valence-electron chi connectivity index (χ1n) is 31.4. The molecule has 1 aliphatic carbocycles. The molecule has 33 heteroatoms. The zero-order valence-corrected chi connectivity index (χ0v) is 58.6. The molecular formula is C65H70N12O15S6. The molecule has 98 heavy (non-hydrogen) atoms. The number of anilines is 1. The molecule has 0 radical (unpaired) electrons. The number of thiazole rings is 6. The van der Waals surface area contributed by atoms with E-state index < -0.39 is 96.2 Å². The number of aliphatic carboxylic acids is 3. The number of carbonyl (C=O) groups is 9. The van der Waals surface area contributed by atoms with Crippen LogP contribution in [0.4, 0.5) is 10.6 Å². The summed E-state index contributed by atoms with van der Waals surface area (Å²) in [6, 6.07) is 9.98. The summed E-state index contributed by atoms with van der Waals surface area (Å²) in [6.45, 7) is 5.09. The number of carboxylic acid groups (broad SMARTS) is 3. The molecule has 8 aromatic rings. The molecule has 1 unspecified atom stereocenters. The fourth-order valence-corrected chi connectivity index (χ4v) is 16.9. The van der Waals surface area contributed by atoms with E-state index in [-0.39, 0.29) is 92.0 Å². The van der Waals surface area contributed by atoms with E-state index in [4.69, 9.17) is 44.4 Å². The van der Waals surface area contributed by atoms with Crippen LogP contribution in [-0.4, -0.2) is 142 Å². The highest BCUT2D eigenvalue weighted by atomic mass is 32.1. The lowest BCUT2D eigenvalue weighted by atomic mass is 9.87. The highest BCUT2D eigenvalue weighted by molar-refractivity contribution is 7.15. The van der Waals surface area contributed by atoms with E-state index in [2.05, 4.69) is 21.3 Å². The van der Waals surface area contributed by atoms with Crippen molar-refractivity contribution in [3.8, 4) is 43.4 Å². The molecule has 1 saturated carbocycles. The van der Waals surface area contributed by atoms with E-state index in [1.165, 1.54) is 41.7 Å². The number of fused-ring (bicyclic) bond motifs is 14. The Hall–Kier alpha value is -8.70. The van der Waals surface area contributed by atoms with Crippen LogP contribution in [0.5, 0.6) is 0 Å². The monoisotopic (exact) mass is 1450 g/mol. The van der Waals surface area contributed by atoms with Gasteiger partial charge in [0.15, 0.2) is 5.78 Å². The van der Waals surface area contributed by atoms with Gasteiger partial charge in [0, 0.05) is 71.4 Å². The van der Waals surface area contributed by atoms with Crippen LogP contribution in [0.2, 0.25) is 0 Å². The van der Waals surface area contributed by atoms with Crippen LogP contribution in [0.1, 0.15) is 170 Å². The third-order valence-corrected chi connectivity index (χ3v) is 22.4. The second-order valence-electron chi connectivity index (χ2n) is 23.7. The molecular weight excluding hydrogens is 1380 g/mol. The van der Waals surface area contributed by atoms with Gasteiger partial charge in [-0.2, -0.15) is 0 Å². The molecule has 0 spiro atoms. The molecule has 10 rings (SSSR count). The largest absolute Gasteiger partial charge is 0.481 e. The van der Waals surface area contributed by atoms with Crippen LogP contribution >= 0.6 is 68.0 Å². The Labute approximate surface area is 585 Å². The number of hydrogen-bond donors (Lipinski definition) is 8. The Morgan fingerprint density at radius 1 is 0.714 bits per heavy atom. The third-order valence-electron chi connectivity index (χ3n) is 16.6. The zero-order valence-electron chi connectivity index (χ0n) is 53.7. The molecule has 516 valence electrons. The summed E-state index contributed by atoms with van der Waals surface area (Å²) >= 11 is 7.04. The maximum atomic E-state index is 14.5. The molecule has 5 atom stereocenters. The molecule has 1 aliphatic heterocycles. The number of Topliss-reactive ketones (excluding diaryl/α,β-unsaturated/α-hetero) is 1. The molecule has 1 fully saturated rings. The van der Waals surface area contributed by atoms with E-state index >= 15 is 0 Å². The number of hydrogen-bond acceptors (Lipinski definition) is 25. The van der Waals surface area contributed by atoms with Crippen LogP contribution in [0.15, 0.2) is 64.0 Å². The number of pyridine rings is 1. The van der Waals surface area contributed by atoms with Crippen LogP contribution in [0.25, 0.3) is 43.4 Å². The van der Waals surface area contributed by atoms with E-state index in [0.29, 0.717) is 100 Å². The van der Waals surface area contributed by atoms with Gasteiger partial charge >= 0.3 is 24.0 Å². The maximum absolute atomic E-state index is 14.5. The van der Waals surface area contributed by atoms with E-state index in [9.17, 15) is 63.6 Å². The van der Waals surface area contributed by atoms with Gasteiger partial charge in [-0.3, -0.25) is 43.3 Å². The first-order chi connectivity index (χ1) is 47.0. The lowest BCUT2D eigenvalue weighted by Crippen LogP contribution is -2.40. The zero-order chi connectivity index (χ0) is 69.9. The average Bonchev–Trinajstić information content (AvgIpc) is 1.59. The normalized spacial score (nSPS) is 18.4. The summed E-state index contributed by atoms with van der Waals surface area (Å²) < 4.78 is 11.5. The Morgan fingerprint density at radius 2 is 1.42 bits per heavy atom. The summed E-state index contributed by atoms with van der Waals surface area (Å²) in [6.07, 6.45) is -1.29. The van der Waals surface area contributed by atoms with Gasteiger partial charge in [-0.25, -0.2) is 39.7 Å². The summed E-state index contributed by atoms with van der Waals surface area (Å²) in [5.41, 5.74) is 2.38. The van der Waals surface area contributed by atoms with Crippen molar-refractivity contribution < 1.29 is 73.1 Å². The van der Waals surface area contributed by atoms with Crippen molar-refractivity contribution in [2.45, 2.75) is 128 Å². The van der Waals surface area contributed by atoms with Crippen molar-refractivity contribution in [2.75, 3.05) is 32.1 Å². The van der Waals surface area contributed by atoms with Gasteiger partial charge in [-0.15, -0.1) is 68.0 Å². The Bertz CT molecular complexity index is 4230. The van der Waals surface area contributed by atoms with Crippen molar-refractivity contribution in [1.82, 2.24) is 56.2 Å². The second-order valence-corrected chi connectivity index (χ2v) is 29.6. The SMILES string of the molecule is CNC(=O)C[C@@H]1NC(=O)c2csc(n2)-c2ccc(-c3nc(N(CCCCC(CCC(=O)O)C(=O)O)C(=O)OC4CCC(C(=O)O)CC4)cs3)nc2-c2csc(n2)-c2csc(n2)[C@H]([C@@H](O)c2ccccc2)NC(=O)CNC(=O)c2nc(sc2COC)[C@@H](C(C)C)CC(=O)c2nc1sc2C. The van der Waals surface area contributed by atoms with Crippen LogP contribution < -0.4 is 26.2 Å². The number of ketones is 1. The number of nitrogens with zero attached hydrogens (tertiary/aromatic N) is 8. The van der Waals surface area contributed by atoms with E-state index in [0.717, 1.165) is 45.3 Å². The van der Waals surface area contributed by atoms with Crippen LogP contribution in [0.3, 0.4) is 0 Å². The number of aliphatic hydroxyl groups is 1. The predicted molar refractivity (Wildman–Crippen MR) is 367 cm³/mol. The fourth-order valence-electron chi connectivity index (χ4n) is 11.2. The van der Waals surface area contributed by atoms with Crippen LogP contribution in [0, 0.1) is 24.7 Å². The molecule has 7 aromatic heterocycles. The van der Waals surface area contributed by atoms with Crippen LogP contribution in [-0.2, 0) is 40.1 Å². The van der Waals surface area contributed by atoms with Crippen molar-refractivity contribution in [2.24, 2.45) is 17.8 Å². The number of aromatic nitrogens is 7. The molecule has 27 nitrogen and oxygen atoms in total. The minimum Gasteiger partial charge on any atom is -0.481 e. The standard InChI is InChI=1S/C65H70N12O15S6/c1-31(2)38-23-44(78)50-32(3)97-61(75-50)40(24-47(79)66-4)69-55(84)42-28-93-57(71-42)37-19-20-39(59-73-46(30-96-59)77(22-10-9-13-34(63(86)87)16-21-49(81)82)65(90)92-36-17-14-35(15-18-36)64(88)89)68-51(37)41-27-94-60(70-41)43-29-95-62(72-43)53(54(83)33-11-7-6-8-12-33)74-48(80)25-67-56(85)52-45(26-91-5)98-58(38)76-52/h6-8,11-12,19-20,27-31,34-36,38,40,53-54,83H,9-10,13-18,21-26H2,1-5H3,(H,66,79)(H,67,85)(H,69,84)(H,74,80)(H,81,82)(H,86,87)(H,88,89)/t34?,35?,36?,38-,40+,53+,54+/m1/s1. The van der Waals surface area contributed by atoms with E-state index in [1.54, 1.807) is 70.9 Å². The number of carbonyl (C=O) groups excluding carboxylic acids is 6. The molecule has 10 bridgehead atoms. The number of aryl methyl sites for hydroxylation is 1. The Kier molecular flexibility index (Phi) is 24.1. The van der Waals surface area contributed by atoms with Gasteiger partial charge < -0.3 is 51.2 Å². The van der Waals surface area contributed by atoms with Crippen molar-refractivity contribution >= 4 is 127 Å². The maximum Gasteiger partial charge on any atom is 0.415 e. The summed E-state index contributed by atoms with van der Waals surface area (Å²) in [4.78, 5) is 156. The van der Waals surface area contributed by atoms with E-state index in [1.807, 2.05) is 13.8 Å². The summed E-state index contributed by atoms with van der Waals surface area (Å²) in [5.74, 6) is -7.86. The number of nitrogens with one attached hydrogen (secondary N) is 4. The van der Waals surface area contributed by atoms with Gasteiger partial charge in [0.2, 0.25) is 11.8 Å². The fraction of sp³-hybridized carbons (Fsp3) is 0.415. The quantitative estimate of drug-likeness (QED) is 0.0329. The number of ether oxygens (including phenoxy) is 2. The first-order valence-corrected chi connectivity index (χ1v) is 36.5. The number of unbranched alkanes of at least 4 members (excludes halogenated alkanes) is 1. The van der Waals surface area contributed by atoms with Gasteiger partial charge in [-0.05, 0) is 75.5 Å². The van der Waals surface area contributed by atoms with Gasteiger partial charge in [-0.1, -0.05) is 50.6 Å².